The first-order chi connectivity index (χ1) is 7.39. The summed E-state index contributed by atoms with van der Waals surface area (Å²) in [6, 6.07) is -0.117. The highest BCUT2D eigenvalue weighted by Crippen LogP contribution is 2.31. The number of hydrogen-bond donors (Lipinski definition) is 1. The van der Waals surface area contributed by atoms with Gasteiger partial charge in [-0.2, -0.15) is 0 Å². The second kappa shape index (κ2) is 5.15. The number of ether oxygens (including phenoxy) is 1. The lowest BCUT2D eigenvalue weighted by molar-refractivity contribution is -0.153. The predicted molar refractivity (Wildman–Crippen MR) is 64.0 cm³/mol. The first kappa shape index (κ1) is 13.5. The van der Waals surface area contributed by atoms with Gasteiger partial charge in [-0.05, 0) is 52.7 Å². The van der Waals surface area contributed by atoms with Crippen LogP contribution in [0.5, 0.6) is 0 Å². The molecular weight excluding hydrogens is 204 g/mol. The standard InChI is InChI=1S/C12H24N2O2/c1-12(2,11(15)16-4)10(13)9-5-7-14(3)8-6-9/h9-10H,5-8,13H2,1-4H3. The zero-order valence-electron chi connectivity index (χ0n) is 10.8. The van der Waals surface area contributed by atoms with Gasteiger partial charge in [-0.15, -0.1) is 0 Å². The van der Waals surface area contributed by atoms with Crippen LogP contribution in [0, 0.1) is 11.3 Å². The maximum Gasteiger partial charge on any atom is 0.312 e. The highest BCUT2D eigenvalue weighted by molar-refractivity contribution is 5.76. The van der Waals surface area contributed by atoms with Gasteiger partial charge in [-0.25, -0.2) is 0 Å². The van der Waals surface area contributed by atoms with E-state index in [-0.39, 0.29) is 12.0 Å². The van der Waals surface area contributed by atoms with Crippen LogP contribution in [0.3, 0.4) is 0 Å². The molecule has 1 saturated heterocycles. The summed E-state index contributed by atoms with van der Waals surface area (Å²) in [5.74, 6) is 0.212. The first-order valence-electron chi connectivity index (χ1n) is 5.92. The molecule has 1 unspecified atom stereocenters. The number of esters is 1. The van der Waals surface area contributed by atoms with Crippen LogP contribution in [0.2, 0.25) is 0 Å². The number of methoxy groups -OCH3 is 1. The van der Waals surface area contributed by atoms with Crippen LogP contribution in [-0.4, -0.2) is 44.2 Å². The van der Waals surface area contributed by atoms with Gasteiger partial charge in [0.15, 0.2) is 0 Å². The molecule has 0 radical (unpaired) electrons. The molecule has 1 fully saturated rings. The minimum absolute atomic E-state index is 0.117. The van der Waals surface area contributed by atoms with Gasteiger partial charge >= 0.3 is 5.97 Å². The normalized spacial score (nSPS) is 21.8. The summed E-state index contributed by atoms with van der Waals surface area (Å²) in [6.45, 7) is 5.88. The number of hydrogen-bond acceptors (Lipinski definition) is 4. The van der Waals surface area contributed by atoms with Gasteiger partial charge in [0.25, 0.3) is 0 Å². The molecule has 0 aromatic carbocycles. The third-order valence-electron chi connectivity index (χ3n) is 3.82. The zero-order chi connectivity index (χ0) is 12.3. The summed E-state index contributed by atoms with van der Waals surface area (Å²) < 4.78 is 4.82. The van der Waals surface area contributed by atoms with E-state index in [1.165, 1.54) is 7.11 Å². The Morgan fingerprint density at radius 2 is 1.94 bits per heavy atom. The lowest BCUT2D eigenvalue weighted by Gasteiger charge is -2.38. The molecule has 1 aliphatic rings. The van der Waals surface area contributed by atoms with Crippen molar-refractivity contribution in [3.8, 4) is 0 Å². The molecule has 0 amide bonds. The maximum absolute atomic E-state index is 11.7. The fraction of sp³-hybridized carbons (Fsp3) is 0.917. The number of carbonyl (C=O) groups excluding carboxylic acids is 1. The molecule has 4 heteroatoms. The SMILES string of the molecule is COC(=O)C(C)(C)C(N)C1CCN(C)CC1. The average molecular weight is 228 g/mol. The van der Waals surface area contributed by atoms with Crippen molar-refractivity contribution in [3.63, 3.8) is 0 Å². The van der Waals surface area contributed by atoms with Crippen molar-refractivity contribution in [2.24, 2.45) is 17.1 Å². The van der Waals surface area contributed by atoms with E-state index in [1.54, 1.807) is 0 Å². The third-order valence-corrected chi connectivity index (χ3v) is 3.82. The Morgan fingerprint density at radius 1 is 1.44 bits per heavy atom. The van der Waals surface area contributed by atoms with Crippen LogP contribution < -0.4 is 5.73 Å². The van der Waals surface area contributed by atoms with E-state index >= 15 is 0 Å². The Hall–Kier alpha value is -0.610. The van der Waals surface area contributed by atoms with E-state index < -0.39 is 5.41 Å². The predicted octanol–water partition coefficient (Wildman–Crippen LogP) is 0.855. The van der Waals surface area contributed by atoms with Crippen LogP contribution in [0.15, 0.2) is 0 Å². The molecule has 0 aromatic heterocycles. The smallest absolute Gasteiger partial charge is 0.312 e. The Morgan fingerprint density at radius 3 is 2.38 bits per heavy atom. The molecule has 0 spiro atoms. The van der Waals surface area contributed by atoms with Crippen molar-refractivity contribution in [2.45, 2.75) is 32.7 Å². The fourth-order valence-electron chi connectivity index (χ4n) is 2.38. The summed E-state index contributed by atoms with van der Waals surface area (Å²) in [5, 5.41) is 0. The van der Waals surface area contributed by atoms with Crippen molar-refractivity contribution >= 4 is 5.97 Å². The van der Waals surface area contributed by atoms with Gasteiger partial charge in [0.05, 0.1) is 12.5 Å². The van der Waals surface area contributed by atoms with Crippen LogP contribution >= 0.6 is 0 Å². The van der Waals surface area contributed by atoms with Crippen molar-refractivity contribution in [1.82, 2.24) is 4.90 Å². The van der Waals surface area contributed by atoms with Crippen LogP contribution in [0.1, 0.15) is 26.7 Å². The van der Waals surface area contributed by atoms with Gasteiger partial charge in [0.1, 0.15) is 0 Å². The number of nitrogens with zero attached hydrogens (tertiary/aromatic N) is 1. The largest absolute Gasteiger partial charge is 0.469 e. The van der Waals surface area contributed by atoms with E-state index in [0.29, 0.717) is 5.92 Å². The first-order valence-corrected chi connectivity index (χ1v) is 5.92. The van der Waals surface area contributed by atoms with Gasteiger partial charge in [0, 0.05) is 6.04 Å². The van der Waals surface area contributed by atoms with Gasteiger partial charge in [0.2, 0.25) is 0 Å². The van der Waals surface area contributed by atoms with E-state index in [0.717, 1.165) is 25.9 Å². The van der Waals surface area contributed by atoms with Gasteiger partial charge in [-0.1, -0.05) is 0 Å². The molecule has 1 atom stereocenters. The minimum atomic E-state index is -0.588. The monoisotopic (exact) mass is 228 g/mol. The number of rotatable bonds is 3. The van der Waals surface area contributed by atoms with Crippen LogP contribution in [0.4, 0.5) is 0 Å². The Kier molecular flexibility index (Phi) is 4.33. The summed E-state index contributed by atoms with van der Waals surface area (Å²) in [6.07, 6.45) is 2.14. The molecule has 1 heterocycles. The summed E-state index contributed by atoms with van der Waals surface area (Å²) >= 11 is 0. The molecule has 16 heavy (non-hydrogen) atoms. The van der Waals surface area contributed by atoms with Crippen molar-refractivity contribution < 1.29 is 9.53 Å². The minimum Gasteiger partial charge on any atom is -0.469 e. The molecule has 0 bridgehead atoms. The van der Waals surface area contributed by atoms with Crippen molar-refractivity contribution in [3.05, 3.63) is 0 Å². The van der Waals surface area contributed by atoms with Crippen LogP contribution in [-0.2, 0) is 9.53 Å². The lowest BCUT2D eigenvalue weighted by Crippen LogP contribution is -2.51. The zero-order valence-corrected chi connectivity index (χ0v) is 10.8. The van der Waals surface area contributed by atoms with Crippen LogP contribution in [0.25, 0.3) is 0 Å². The average Bonchev–Trinajstić information content (AvgIpc) is 2.28. The van der Waals surface area contributed by atoms with Crippen molar-refractivity contribution in [1.29, 1.82) is 0 Å². The number of piperidine rings is 1. The highest BCUT2D eigenvalue weighted by atomic mass is 16.5. The number of likely N-dealkylation sites (tertiary alicyclic amines) is 1. The number of nitrogens with two attached hydrogens (primary N) is 1. The Bertz CT molecular complexity index is 245. The second-order valence-electron chi connectivity index (χ2n) is 5.38. The van der Waals surface area contributed by atoms with E-state index in [9.17, 15) is 4.79 Å². The lowest BCUT2D eigenvalue weighted by atomic mass is 9.74. The Labute approximate surface area is 98.1 Å². The molecule has 4 nitrogen and oxygen atoms in total. The molecule has 94 valence electrons. The van der Waals surface area contributed by atoms with E-state index in [4.69, 9.17) is 10.5 Å². The number of carbonyl (C=O) groups is 1. The summed E-state index contributed by atoms with van der Waals surface area (Å²) in [4.78, 5) is 14.0. The Balaban J connectivity index is 2.62. The quantitative estimate of drug-likeness (QED) is 0.728. The third kappa shape index (κ3) is 2.74. The summed E-state index contributed by atoms with van der Waals surface area (Å²) in [5.41, 5.74) is 5.64. The molecule has 1 rings (SSSR count). The second-order valence-corrected chi connectivity index (χ2v) is 5.38. The van der Waals surface area contributed by atoms with E-state index in [1.807, 2.05) is 13.8 Å². The molecule has 0 aliphatic carbocycles. The maximum atomic E-state index is 11.7. The molecular formula is C12H24N2O2. The fourth-order valence-corrected chi connectivity index (χ4v) is 2.38. The highest BCUT2D eigenvalue weighted by Gasteiger charge is 2.40. The van der Waals surface area contributed by atoms with Gasteiger partial charge < -0.3 is 15.4 Å². The molecule has 0 aromatic rings. The molecule has 0 saturated carbocycles. The summed E-state index contributed by atoms with van der Waals surface area (Å²) in [7, 11) is 3.54. The van der Waals surface area contributed by atoms with E-state index in [2.05, 4.69) is 11.9 Å². The van der Waals surface area contributed by atoms with Crippen molar-refractivity contribution in [2.75, 3.05) is 27.2 Å². The van der Waals surface area contributed by atoms with Gasteiger partial charge in [-0.3, -0.25) is 4.79 Å². The molecule has 2 N–H and O–H groups in total. The topological polar surface area (TPSA) is 55.6 Å². The molecule has 1 aliphatic heterocycles.